The average Bonchev–Trinajstić information content (AvgIpc) is 2.76. The summed E-state index contributed by atoms with van der Waals surface area (Å²) in [7, 11) is 0. The fourth-order valence-electron chi connectivity index (χ4n) is 1.52. The Bertz CT molecular complexity index is 559. The molecule has 0 spiro atoms. The van der Waals surface area contributed by atoms with Crippen molar-refractivity contribution in [2.45, 2.75) is 12.7 Å². The van der Waals surface area contributed by atoms with Gasteiger partial charge in [0.15, 0.2) is 0 Å². The molecule has 0 aliphatic rings. The Balaban J connectivity index is 2.49. The lowest BCUT2D eigenvalue weighted by Gasteiger charge is -2.08. The van der Waals surface area contributed by atoms with E-state index in [9.17, 15) is 17.6 Å². The maximum atomic E-state index is 13.6. The largest absolute Gasteiger partial charge is 0.416 e. The van der Waals surface area contributed by atoms with E-state index in [0.29, 0.717) is 4.88 Å². The van der Waals surface area contributed by atoms with Crippen LogP contribution in [0.5, 0.6) is 0 Å². The minimum Gasteiger partial charge on any atom is -0.326 e. The van der Waals surface area contributed by atoms with E-state index in [1.54, 1.807) is 12.1 Å². The number of nitrogens with two attached hydrogens (primary N) is 1. The molecule has 0 aliphatic carbocycles. The highest BCUT2D eigenvalue weighted by molar-refractivity contribution is 7.15. The van der Waals surface area contributed by atoms with Crippen LogP contribution in [0.3, 0.4) is 0 Å². The number of benzene rings is 1. The molecule has 2 rings (SSSR count). The molecule has 0 amide bonds. The second-order valence-corrected chi connectivity index (χ2v) is 4.83. The minimum atomic E-state index is -4.48. The van der Waals surface area contributed by atoms with Gasteiger partial charge in [0.1, 0.15) is 5.82 Å². The molecule has 2 N–H and O–H groups in total. The molecule has 1 aromatic heterocycles. The third-order valence-corrected chi connectivity index (χ3v) is 3.56. The topological polar surface area (TPSA) is 26.0 Å². The number of halogens is 4. The third-order valence-electron chi connectivity index (χ3n) is 2.42. The van der Waals surface area contributed by atoms with E-state index in [4.69, 9.17) is 5.73 Å². The Morgan fingerprint density at radius 3 is 2.39 bits per heavy atom. The second kappa shape index (κ2) is 4.70. The van der Waals surface area contributed by atoms with Crippen molar-refractivity contribution in [3.05, 3.63) is 46.6 Å². The Hall–Kier alpha value is -1.40. The molecular weight excluding hydrogens is 266 g/mol. The van der Waals surface area contributed by atoms with Gasteiger partial charge in [-0.1, -0.05) is 0 Å². The van der Waals surface area contributed by atoms with Gasteiger partial charge in [-0.05, 0) is 30.3 Å². The van der Waals surface area contributed by atoms with Crippen molar-refractivity contribution in [1.82, 2.24) is 0 Å². The van der Waals surface area contributed by atoms with Crippen LogP contribution in [-0.4, -0.2) is 0 Å². The zero-order valence-corrected chi connectivity index (χ0v) is 9.91. The lowest BCUT2D eigenvalue weighted by molar-refractivity contribution is -0.137. The van der Waals surface area contributed by atoms with Crippen LogP contribution in [0.2, 0.25) is 0 Å². The summed E-state index contributed by atoms with van der Waals surface area (Å²) in [4.78, 5) is 1.24. The van der Waals surface area contributed by atoms with Gasteiger partial charge in [0, 0.05) is 21.9 Å². The lowest BCUT2D eigenvalue weighted by atomic mass is 10.1. The number of hydrogen-bond donors (Lipinski definition) is 1. The Labute approximate surface area is 105 Å². The molecule has 0 saturated carbocycles. The van der Waals surface area contributed by atoms with Crippen LogP contribution in [0, 0.1) is 5.82 Å². The molecule has 6 heteroatoms. The van der Waals surface area contributed by atoms with Crippen molar-refractivity contribution in [2.24, 2.45) is 5.73 Å². The fraction of sp³-hybridized carbons (Fsp3) is 0.167. The molecule has 0 atom stereocenters. The molecule has 1 aromatic carbocycles. The Kier molecular flexibility index (Phi) is 3.41. The van der Waals surface area contributed by atoms with Gasteiger partial charge in [0.05, 0.1) is 5.56 Å². The zero-order valence-electron chi connectivity index (χ0n) is 9.09. The molecule has 0 fully saturated rings. The van der Waals surface area contributed by atoms with Crippen LogP contribution in [0.4, 0.5) is 17.6 Å². The summed E-state index contributed by atoms with van der Waals surface area (Å²) in [5.74, 6) is -0.673. The van der Waals surface area contributed by atoms with E-state index in [-0.39, 0.29) is 12.1 Å². The van der Waals surface area contributed by atoms with Crippen LogP contribution >= 0.6 is 11.3 Å². The first kappa shape index (κ1) is 13.0. The van der Waals surface area contributed by atoms with Crippen molar-refractivity contribution < 1.29 is 17.6 Å². The van der Waals surface area contributed by atoms with Gasteiger partial charge in [-0.3, -0.25) is 0 Å². The maximum absolute atomic E-state index is 13.6. The molecule has 0 saturated heterocycles. The summed E-state index contributed by atoms with van der Waals surface area (Å²) >= 11 is 1.19. The van der Waals surface area contributed by atoms with Crippen molar-refractivity contribution in [2.75, 3.05) is 0 Å². The minimum absolute atomic E-state index is 0.0467. The quantitative estimate of drug-likeness (QED) is 0.823. The van der Waals surface area contributed by atoms with Gasteiger partial charge in [0.25, 0.3) is 0 Å². The number of rotatable bonds is 2. The normalized spacial score (nSPS) is 11.8. The van der Waals surface area contributed by atoms with Crippen molar-refractivity contribution in [3.63, 3.8) is 0 Å². The fourth-order valence-corrected chi connectivity index (χ4v) is 2.43. The number of hydrogen-bond acceptors (Lipinski definition) is 2. The highest BCUT2D eigenvalue weighted by Crippen LogP contribution is 2.35. The predicted molar refractivity (Wildman–Crippen MR) is 62.6 cm³/mol. The van der Waals surface area contributed by atoms with E-state index in [0.717, 1.165) is 23.1 Å². The maximum Gasteiger partial charge on any atom is 0.416 e. The molecule has 0 aliphatic heterocycles. The van der Waals surface area contributed by atoms with Gasteiger partial charge in [0.2, 0.25) is 0 Å². The van der Waals surface area contributed by atoms with Crippen LogP contribution in [-0.2, 0) is 12.7 Å². The van der Waals surface area contributed by atoms with E-state index >= 15 is 0 Å². The molecule has 2 aromatic rings. The van der Waals surface area contributed by atoms with Gasteiger partial charge in [-0.25, -0.2) is 4.39 Å². The lowest BCUT2D eigenvalue weighted by Crippen LogP contribution is -2.05. The highest BCUT2D eigenvalue weighted by atomic mass is 32.1. The summed E-state index contributed by atoms with van der Waals surface area (Å²) in [5, 5.41) is 0. The van der Waals surface area contributed by atoms with Crippen molar-refractivity contribution in [3.8, 4) is 10.4 Å². The summed E-state index contributed by atoms with van der Waals surface area (Å²) in [6.45, 7) is 0.283. The molecule has 96 valence electrons. The first-order chi connectivity index (χ1) is 8.41. The second-order valence-electron chi connectivity index (χ2n) is 3.66. The van der Waals surface area contributed by atoms with Crippen LogP contribution in [0.15, 0.2) is 30.3 Å². The molecule has 1 heterocycles. The highest BCUT2D eigenvalue weighted by Gasteiger charge is 2.31. The Morgan fingerprint density at radius 1 is 1.11 bits per heavy atom. The predicted octanol–water partition coefficient (Wildman–Crippen LogP) is 4.03. The molecule has 0 bridgehead atoms. The molecule has 0 radical (unpaired) electrons. The number of alkyl halides is 3. The van der Waals surface area contributed by atoms with Crippen molar-refractivity contribution in [1.29, 1.82) is 0 Å². The van der Waals surface area contributed by atoms with Crippen LogP contribution < -0.4 is 5.73 Å². The van der Waals surface area contributed by atoms with E-state index in [1.807, 2.05) is 0 Å². The molecule has 1 nitrogen and oxygen atoms in total. The summed E-state index contributed by atoms with van der Waals surface area (Å²) in [6.07, 6.45) is -4.48. The first-order valence-corrected chi connectivity index (χ1v) is 5.89. The van der Waals surface area contributed by atoms with Gasteiger partial charge in [-0.15, -0.1) is 11.3 Å². The molecule has 18 heavy (non-hydrogen) atoms. The third kappa shape index (κ3) is 2.54. The monoisotopic (exact) mass is 275 g/mol. The summed E-state index contributed by atoms with van der Waals surface area (Å²) in [6, 6.07) is 5.64. The standard InChI is InChI=1S/C12H9F4NS/c13-10-3-1-7(12(14,15)16)5-9(10)11-4-2-8(6-17)18-11/h1-5H,6,17H2. The summed E-state index contributed by atoms with van der Waals surface area (Å²) in [5.41, 5.74) is 4.51. The smallest absolute Gasteiger partial charge is 0.326 e. The number of thiophene rings is 1. The van der Waals surface area contributed by atoms with Crippen LogP contribution in [0.1, 0.15) is 10.4 Å². The SMILES string of the molecule is NCc1ccc(-c2cc(C(F)(F)F)ccc2F)s1. The van der Waals surface area contributed by atoms with Crippen LogP contribution in [0.25, 0.3) is 10.4 Å². The molecule has 0 unspecified atom stereocenters. The molecular formula is C12H9F4NS. The zero-order chi connectivity index (χ0) is 13.3. The van der Waals surface area contributed by atoms with Gasteiger partial charge >= 0.3 is 6.18 Å². The van der Waals surface area contributed by atoms with E-state index in [2.05, 4.69) is 0 Å². The van der Waals surface area contributed by atoms with Gasteiger partial charge in [-0.2, -0.15) is 13.2 Å². The van der Waals surface area contributed by atoms with Crippen molar-refractivity contribution >= 4 is 11.3 Å². The first-order valence-electron chi connectivity index (χ1n) is 5.07. The van der Waals surface area contributed by atoms with E-state index in [1.165, 1.54) is 11.3 Å². The van der Waals surface area contributed by atoms with Gasteiger partial charge < -0.3 is 5.73 Å². The average molecular weight is 275 g/mol. The summed E-state index contributed by atoms with van der Waals surface area (Å²) < 4.78 is 51.2. The Morgan fingerprint density at radius 2 is 1.83 bits per heavy atom. The van der Waals surface area contributed by atoms with E-state index < -0.39 is 17.6 Å².